The summed E-state index contributed by atoms with van der Waals surface area (Å²) in [4.78, 5) is 11.7. The van der Waals surface area contributed by atoms with Crippen LogP contribution in [-0.2, 0) is 4.74 Å². The molecule has 0 bridgehead atoms. The highest BCUT2D eigenvalue weighted by atomic mass is 19.4. The van der Waals surface area contributed by atoms with E-state index < -0.39 is 18.1 Å². The molecule has 8 heteroatoms. The van der Waals surface area contributed by atoms with Gasteiger partial charge in [0.2, 0.25) is 0 Å². The molecule has 2 amide bonds. The number of anilines is 1. The van der Waals surface area contributed by atoms with Gasteiger partial charge in [0.15, 0.2) is 5.75 Å². The Morgan fingerprint density at radius 1 is 1.35 bits per heavy atom. The Kier molecular flexibility index (Phi) is 4.33. The molecule has 1 saturated heterocycles. The number of para-hydroxylation sites is 2. The number of benzene rings is 1. The Morgan fingerprint density at radius 3 is 2.75 bits per heavy atom. The zero-order chi connectivity index (χ0) is 14.6. The molecule has 2 rings (SSSR count). The summed E-state index contributed by atoms with van der Waals surface area (Å²) in [6, 6.07) is 4.60. The molecule has 0 spiro atoms. The lowest BCUT2D eigenvalue weighted by Crippen LogP contribution is -2.38. The molecular weight excluding hydrogens is 277 g/mol. The van der Waals surface area contributed by atoms with Gasteiger partial charge < -0.3 is 20.1 Å². The van der Waals surface area contributed by atoms with Crippen LogP contribution < -0.4 is 15.4 Å². The number of alkyl halides is 3. The highest BCUT2D eigenvalue weighted by Crippen LogP contribution is 2.29. The van der Waals surface area contributed by atoms with E-state index in [0.29, 0.717) is 19.6 Å². The number of hydrogen-bond donors (Lipinski definition) is 2. The number of urea groups is 1. The summed E-state index contributed by atoms with van der Waals surface area (Å²) in [6.45, 7) is 0.951. The van der Waals surface area contributed by atoms with Crippen LogP contribution in [0.25, 0.3) is 0 Å². The molecule has 1 unspecified atom stereocenters. The first-order chi connectivity index (χ1) is 9.44. The van der Waals surface area contributed by atoms with Crippen LogP contribution >= 0.6 is 0 Å². The summed E-state index contributed by atoms with van der Waals surface area (Å²) in [5.41, 5.74) is -0.0544. The molecule has 0 saturated carbocycles. The summed E-state index contributed by atoms with van der Waals surface area (Å²) >= 11 is 0. The van der Waals surface area contributed by atoms with Gasteiger partial charge in [-0.15, -0.1) is 13.2 Å². The molecule has 0 radical (unpaired) electrons. The van der Waals surface area contributed by atoms with Gasteiger partial charge in [0.25, 0.3) is 0 Å². The van der Waals surface area contributed by atoms with Crippen molar-refractivity contribution < 1.29 is 27.4 Å². The Morgan fingerprint density at radius 2 is 2.10 bits per heavy atom. The van der Waals surface area contributed by atoms with Crippen molar-refractivity contribution >= 4 is 11.7 Å². The summed E-state index contributed by atoms with van der Waals surface area (Å²) in [7, 11) is 0. The van der Waals surface area contributed by atoms with Gasteiger partial charge in [0.1, 0.15) is 0 Å². The Balaban J connectivity index is 1.99. The fourth-order valence-corrected chi connectivity index (χ4v) is 1.78. The van der Waals surface area contributed by atoms with Crippen LogP contribution in [0.15, 0.2) is 24.3 Å². The standard InChI is InChI=1S/C12H13F3N2O3/c13-12(14,15)20-10-4-2-1-3-9(10)17-11(18)16-8-5-6-19-7-8/h1-4,8H,5-7H2,(H2,16,17,18). The fraction of sp³-hybridized carbons (Fsp3) is 0.417. The maximum Gasteiger partial charge on any atom is 0.573 e. The van der Waals surface area contributed by atoms with Gasteiger partial charge in [-0.3, -0.25) is 0 Å². The second kappa shape index (κ2) is 6.00. The third-order valence-corrected chi connectivity index (χ3v) is 2.63. The Hall–Kier alpha value is -1.96. The number of carbonyl (C=O) groups excluding carboxylic acids is 1. The van der Waals surface area contributed by atoms with E-state index in [4.69, 9.17) is 4.74 Å². The number of rotatable bonds is 3. The van der Waals surface area contributed by atoms with Gasteiger partial charge in [-0.05, 0) is 18.6 Å². The smallest absolute Gasteiger partial charge is 0.404 e. The summed E-state index contributed by atoms with van der Waals surface area (Å²) < 4.78 is 45.6. The van der Waals surface area contributed by atoms with Crippen molar-refractivity contribution in [2.45, 2.75) is 18.8 Å². The van der Waals surface area contributed by atoms with Crippen molar-refractivity contribution in [1.29, 1.82) is 0 Å². The minimum absolute atomic E-state index is 0.0544. The Bertz CT molecular complexity index is 473. The van der Waals surface area contributed by atoms with Crippen LogP contribution in [0.4, 0.5) is 23.7 Å². The van der Waals surface area contributed by atoms with Gasteiger partial charge in [-0.25, -0.2) is 4.79 Å². The number of hydrogen-bond acceptors (Lipinski definition) is 3. The molecule has 0 aromatic heterocycles. The van der Waals surface area contributed by atoms with Crippen LogP contribution in [0.3, 0.4) is 0 Å². The molecule has 20 heavy (non-hydrogen) atoms. The molecule has 1 heterocycles. The lowest BCUT2D eigenvalue weighted by Gasteiger charge is -2.15. The number of amides is 2. The van der Waals surface area contributed by atoms with Gasteiger partial charge in [-0.1, -0.05) is 12.1 Å². The number of nitrogens with one attached hydrogen (secondary N) is 2. The van der Waals surface area contributed by atoms with E-state index in [9.17, 15) is 18.0 Å². The molecule has 1 atom stereocenters. The van der Waals surface area contributed by atoms with Crippen LogP contribution in [0.5, 0.6) is 5.75 Å². The monoisotopic (exact) mass is 290 g/mol. The zero-order valence-electron chi connectivity index (χ0n) is 10.4. The van der Waals surface area contributed by atoms with Gasteiger partial charge in [0, 0.05) is 6.61 Å². The molecule has 5 nitrogen and oxygen atoms in total. The van der Waals surface area contributed by atoms with Gasteiger partial charge in [-0.2, -0.15) is 0 Å². The van der Waals surface area contributed by atoms with Crippen LogP contribution in [0, 0.1) is 0 Å². The summed E-state index contributed by atoms with van der Waals surface area (Å²) in [5, 5.41) is 4.93. The zero-order valence-corrected chi connectivity index (χ0v) is 10.4. The van der Waals surface area contributed by atoms with Crippen LogP contribution in [-0.4, -0.2) is 31.6 Å². The van der Waals surface area contributed by atoms with Crippen molar-refractivity contribution in [2.75, 3.05) is 18.5 Å². The van der Waals surface area contributed by atoms with E-state index in [1.54, 1.807) is 0 Å². The SMILES string of the molecule is O=C(Nc1ccccc1OC(F)(F)F)NC1CCOC1. The first-order valence-electron chi connectivity index (χ1n) is 5.94. The predicted octanol–water partition coefficient (Wildman–Crippen LogP) is 2.50. The molecule has 1 fully saturated rings. The van der Waals surface area contributed by atoms with E-state index in [1.807, 2.05) is 0 Å². The van der Waals surface area contributed by atoms with E-state index in [0.717, 1.165) is 6.07 Å². The number of halogens is 3. The van der Waals surface area contributed by atoms with Gasteiger partial charge in [0.05, 0.1) is 18.3 Å². The molecule has 1 aromatic rings. The van der Waals surface area contributed by atoms with Crippen molar-refractivity contribution in [3.8, 4) is 5.75 Å². The predicted molar refractivity (Wildman–Crippen MR) is 64.5 cm³/mol. The van der Waals surface area contributed by atoms with Crippen LogP contribution in [0.2, 0.25) is 0 Å². The van der Waals surface area contributed by atoms with E-state index in [2.05, 4.69) is 15.4 Å². The molecule has 110 valence electrons. The third-order valence-electron chi connectivity index (χ3n) is 2.63. The summed E-state index contributed by atoms with van der Waals surface area (Å²) in [5.74, 6) is -0.460. The minimum atomic E-state index is -4.81. The number of carbonyl (C=O) groups is 1. The largest absolute Gasteiger partial charge is 0.573 e. The minimum Gasteiger partial charge on any atom is -0.404 e. The fourth-order valence-electron chi connectivity index (χ4n) is 1.78. The van der Waals surface area contributed by atoms with E-state index in [-0.39, 0.29) is 11.7 Å². The first kappa shape index (κ1) is 14.4. The summed E-state index contributed by atoms with van der Waals surface area (Å²) in [6.07, 6.45) is -4.14. The third kappa shape index (κ3) is 4.30. The normalized spacial score (nSPS) is 18.6. The maximum atomic E-state index is 12.2. The van der Waals surface area contributed by atoms with Crippen molar-refractivity contribution in [3.05, 3.63) is 24.3 Å². The molecule has 0 aliphatic carbocycles. The second-order valence-corrected chi connectivity index (χ2v) is 4.20. The second-order valence-electron chi connectivity index (χ2n) is 4.20. The highest BCUT2D eigenvalue weighted by molar-refractivity contribution is 5.91. The lowest BCUT2D eigenvalue weighted by atomic mass is 10.2. The Labute approximate surface area is 113 Å². The van der Waals surface area contributed by atoms with Crippen LogP contribution in [0.1, 0.15) is 6.42 Å². The highest BCUT2D eigenvalue weighted by Gasteiger charge is 2.32. The average molecular weight is 290 g/mol. The molecule has 2 N–H and O–H groups in total. The van der Waals surface area contributed by atoms with E-state index >= 15 is 0 Å². The topological polar surface area (TPSA) is 59.6 Å². The van der Waals surface area contributed by atoms with E-state index in [1.165, 1.54) is 18.2 Å². The molecular formula is C12H13F3N2O3. The van der Waals surface area contributed by atoms with Crippen molar-refractivity contribution in [2.24, 2.45) is 0 Å². The van der Waals surface area contributed by atoms with Crippen molar-refractivity contribution in [1.82, 2.24) is 5.32 Å². The quantitative estimate of drug-likeness (QED) is 0.899. The number of ether oxygens (including phenoxy) is 2. The van der Waals surface area contributed by atoms with Crippen molar-refractivity contribution in [3.63, 3.8) is 0 Å². The first-order valence-corrected chi connectivity index (χ1v) is 5.94. The molecule has 1 aliphatic rings. The molecule has 1 aromatic carbocycles. The molecule has 1 aliphatic heterocycles. The van der Waals surface area contributed by atoms with Gasteiger partial charge >= 0.3 is 12.4 Å². The average Bonchev–Trinajstić information content (AvgIpc) is 2.82. The lowest BCUT2D eigenvalue weighted by molar-refractivity contribution is -0.274. The maximum absolute atomic E-state index is 12.2.